The van der Waals surface area contributed by atoms with Gasteiger partial charge in [0.1, 0.15) is 5.82 Å². The monoisotopic (exact) mass is 392 g/mol. The molecule has 2 fully saturated rings. The zero-order chi connectivity index (χ0) is 18.3. The maximum Gasteiger partial charge on any atom is 0.122 e. The van der Waals surface area contributed by atoms with Crippen LogP contribution < -0.4 is 5.32 Å². The molecule has 2 aromatic rings. The number of imidazole rings is 1. The van der Waals surface area contributed by atoms with E-state index in [-0.39, 0.29) is 12.4 Å². The van der Waals surface area contributed by atoms with Crippen LogP contribution in [-0.4, -0.2) is 43.4 Å². The van der Waals surface area contributed by atoms with Crippen molar-refractivity contribution in [3.63, 3.8) is 0 Å². The van der Waals surface area contributed by atoms with E-state index in [1.165, 1.54) is 24.8 Å². The number of piperidine rings is 1. The summed E-state index contributed by atoms with van der Waals surface area (Å²) in [5.41, 5.74) is 3.03. The fourth-order valence-electron chi connectivity index (χ4n) is 4.47. The zero-order valence-electron chi connectivity index (χ0n) is 17.0. The lowest BCUT2D eigenvalue weighted by atomic mass is 9.93. The van der Waals surface area contributed by atoms with Crippen LogP contribution in [-0.2, 0) is 20.1 Å². The fourth-order valence-corrected chi connectivity index (χ4v) is 4.47. The summed E-state index contributed by atoms with van der Waals surface area (Å²) in [6.45, 7) is 10.7. The van der Waals surface area contributed by atoms with Gasteiger partial charge in [-0.2, -0.15) is 5.10 Å². The van der Waals surface area contributed by atoms with Crippen LogP contribution in [0.25, 0.3) is 0 Å². The van der Waals surface area contributed by atoms with Crippen LogP contribution in [0.1, 0.15) is 56.2 Å². The molecule has 1 spiro atoms. The van der Waals surface area contributed by atoms with Crippen molar-refractivity contribution >= 4 is 12.4 Å². The van der Waals surface area contributed by atoms with E-state index < -0.39 is 0 Å². The Morgan fingerprint density at radius 1 is 1.30 bits per heavy atom. The van der Waals surface area contributed by atoms with Gasteiger partial charge in [-0.1, -0.05) is 0 Å². The molecular weight excluding hydrogens is 360 g/mol. The van der Waals surface area contributed by atoms with E-state index in [9.17, 15) is 0 Å². The van der Waals surface area contributed by atoms with Gasteiger partial charge < -0.3 is 9.88 Å². The molecule has 1 aliphatic heterocycles. The van der Waals surface area contributed by atoms with E-state index in [2.05, 4.69) is 58.5 Å². The van der Waals surface area contributed by atoms with E-state index in [1.807, 2.05) is 12.4 Å². The first kappa shape index (κ1) is 20.4. The highest BCUT2D eigenvalue weighted by Crippen LogP contribution is 2.56. The molecule has 0 radical (unpaired) electrons. The van der Waals surface area contributed by atoms with Gasteiger partial charge in [-0.25, -0.2) is 4.98 Å². The van der Waals surface area contributed by atoms with Crippen molar-refractivity contribution < 1.29 is 0 Å². The minimum atomic E-state index is 0. The van der Waals surface area contributed by atoms with E-state index in [4.69, 9.17) is 5.10 Å². The molecule has 4 rings (SSSR count). The average Bonchev–Trinajstić information content (AvgIpc) is 2.94. The van der Waals surface area contributed by atoms with Crippen molar-refractivity contribution in [2.24, 2.45) is 12.5 Å². The van der Waals surface area contributed by atoms with Crippen molar-refractivity contribution in [1.29, 1.82) is 0 Å². The lowest BCUT2D eigenvalue weighted by molar-refractivity contribution is 0.182. The predicted octanol–water partition coefficient (Wildman–Crippen LogP) is 3.07. The van der Waals surface area contributed by atoms with Crippen LogP contribution in [0.5, 0.6) is 0 Å². The van der Waals surface area contributed by atoms with Crippen molar-refractivity contribution in [2.45, 2.75) is 65.2 Å². The molecule has 2 aromatic heterocycles. The summed E-state index contributed by atoms with van der Waals surface area (Å²) in [5, 5.41) is 8.24. The van der Waals surface area contributed by atoms with E-state index in [0.717, 1.165) is 37.7 Å². The summed E-state index contributed by atoms with van der Waals surface area (Å²) < 4.78 is 4.24. The molecular formula is C20H33ClN6. The quantitative estimate of drug-likeness (QED) is 0.820. The van der Waals surface area contributed by atoms with Gasteiger partial charge in [-0.15, -0.1) is 12.4 Å². The molecule has 27 heavy (non-hydrogen) atoms. The lowest BCUT2D eigenvalue weighted by Gasteiger charge is -2.29. The number of halogens is 1. The van der Waals surface area contributed by atoms with Gasteiger partial charge in [0.2, 0.25) is 0 Å². The Morgan fingerprint density at radius 2 is 2.04 bits per heavy atom. The van der Waals surface area contributed by atoms with E-state index >= 15 is 0 Å². The van der Waals surface area contributed by atoms with Gasteiger partial charge in [0.15, 0.2) is 0 Å². The minimum absolute atomic E-state index is 0. The molecule has 150 valence electrons. The van der Waals surface area contributed by atoms with Crippen molar-refractivity contribution in [2.75, 3.05) is 13.1 Å². The van der Waals surface area contributed by atoms with Crippen molar-refractivity contribution in [3.8, 4) is 0 Å². The number of hydrogen-bond donors (Lipinski definition) is 1. The molecule has 0 aromatic carbocycles. The highest BCUT2D eigenvalue weighted by molar-refractivity contribution is 5.85. The first-order valence-electron chi connectivity index (χ1n) is 9.94. The van der Waals surface area contributed by atoms with Crippen LogP contribution in [0.15, 0.2) is 18.6 Å². The van der Waals surface area contributed by atoms with Crippen molar-refractivity contribution in [1.82, 2.24) is 29.5 Å². The number of nitrogens with one attached hydrogen (secondary N) is 1. The first-order valence-corrected chi connectivity index (χ1v) is 9.94. The third kappa shape index (κ3) is 4.08. The largest absolute Gasteiger partial charge is 0.337 e. The molecule has 1 atom stereocenters. The lowest BCUT2D eigenvalue weighted by Crippen LogP contribution is -2.36. The SMILES string of the molecule is Cc1nn(C(C)C)cc1CN(Cc1nccn1C)C1CC12CCNCC2.Cl. The van der Waals surface area contributed by atoms with Crippen LogP contribution >= 0.6 is 12.4 Å². The second kappa shape index (κ2) is 7.94. The van der Waals surface area contributed by atoms with Crippen LogP contribution in [0.2, 0.25) is 0 Å². The molecule has 7 heteroatoms. The minimum Gasteiger partial charge on any atom is -0.337 e. The highest BCUT2D eigenvalue weighted by Gasteiger charge is 2.56. The summed E-state index contributed by atoms with van der Waals surface area (Å²) in [5.74, 6) is 1.15. The van der Waals surface area contributed by atoms with Gasteiger partial charge in [0, 0.05) is 49.8 Å². The van der Waals surface area contributed by atoms with E-state index in [0.29, 0.717) is 17.5 Å². The smallest absolute Gasteiger partial charge is 0.122 e. The number of hydrogen-bond acceptors (Lipinski definition) is 4. The van der Waals surface area contributed by atoms with Gasteiger partial charge in [-0.3, -0.25) is 9.58 Å². The highest BCUT2D eigenvalue weighted by atomic mass is 35.5. The number of aryl methyl sites for hydroxylation is 2. The summed E-state index contributed by atoms with van der Waals surface area (Å²) in [7, 11) is 2.09. The molecule has 1 aliphatic carbocycles. The second-order valence-corrected chi connectivity index (χ2v) is 8.51. The first-order chi connectivity index (χ1) is 12.5. The molecule has 0 amide bonds. The Balaban J connectivity index is 0.00000210. The van der Waals surface area contributed by atoms with Crippen LogP contribution in [0.3, 0.4) is 0 Å². The molecule has 1 N–H and O–H groups in total. The summed E-state index contributed by atoms with van der Waals surface area (Å²) in [6.07, 6.45) is 10.1. The molecule has 1 saturated carbocycles. The molecule has 0 bridgehead atoms. The third-order valence-corrected chi connectivity index (χ3v) is 6.37. The van der Waals surface area contributed by atoms with Gasteiger partial charge in [0.05, 0.1) is 12.2 Å². The van der Waals surface area contributed by atoms with Gasteiger partial charge in [-0.05, 0) is 58.5 Å². The Labute approximate surface area is 168 Å². The maximum atomic E-state index is 4.72. The molecule has 1 unspecified atom stereocenters. The number of aromatic nitrogens is 4. The van der Waals surface area contributed by atoms with Crippen LogP contribution in [0.4, 0.5) is 0 Å². The standard InChI is InChI=1S/C20H32N6.ClH/c1-15(2)26-13-17(16(3)23-26)12-25(14-19-22-9-10-24(19)4)18-11-20(18)5-7-21-8-6-20;/h9-10,13,15,18,21H,5-8,11-12,14H2,1-4H3;1H. The maximum absolute atomic E-state index is 4.72. The summed E-state index contributed by atoms with van der Waals surface area (Å²) in [4.78, 5) is 7.24. The Bertz CT molecular complexity index is 758. The fraction of sp³-hybridized carbons (Fsp3) is 0.700. The molecule has 1 saturated heterocycles. The summed E-state index contributed by atoms with van der Waals surface area (Å²) in [6, 6.07) is 1.07. The Kier molecular flexibility index (Phi) is 5.99. The summed E-state index contributed by atoms with van der Waals surface area (Å²) >= 11 is 0. The van der Waals surface area contributed by atoms with Crippen LogP contribution in [0, 0.1) is 12.3 Å². The van der Waals surface area contributed by atoms with Crippen molar-refractivity contribution in [3.05, 3.63) is 35.7 Å². The second-order valence-electron chi connectivity index (χ2n) is 8.51. The third-order valence-electron chi connectivity index (χ3n) is 6.37. The molecule has 2 aliphatic rings. The van der Waals surface area contributed by atoms with Gasteiger partial charge in [0.25, 0.3) is 0 Å². The number of nitrogens with zero attached hydrogens (tertiary/aromatic N) is 5. The average molecular weight is 393 g/mol. The normalized spacial score (nSPS) is 21.0. The topological polar surface area (TPSA) is 50.9 Å². The molecule has 3 heterocycles. The van der Waals surface area contributed by atoms with Gasteiger partial charge >= 0.3 is 0 Å². The zero-order valence-corrected chi connectivity index (χ0v) is 17.8. The predicted molar refractivity (Wildman–Crippen MR) is 110 cm³/mol. The number of rotatable bonds is 6. The Morgan fingerprint density at radius 3 is 2.63 bits per heavy atom. The van der Waals surface area contributed by atoms with E-state index in [1.54, 1.807) is 0 Å². The Hall–Kier alpha value is -1.37. The molecule has 6 nitrogen and oxygen atoms in total.